The Kier molecular flexibility index (Phi) is 5.25. The molecular weight excluding hydrogens is 322 g/mol. The minimum absolute atomic E-state index is 0.0591. The number of carbonyl (C=O) groups excluding carboxylic acids is 2. The first kappa shape index (κ1) is 16.6. The zero-order valence-corrected chi connectivity index (χ0v) is 14.5. The van der Waals surface area contributed by atoms with Crippen LogP contribution in [0.4, 0.5) is 10.8 Å². The van der Waals surface area contributed by atoms with Gasteiger partial charge in [-0.3, -0.25) is 9.59 Å². The molecule has 6 heteroatoms. The van der Waals surface area contributed by atoms with E-state index in [0.29, 0.717) is 17.5 Å². The minimum atomic E-state index is -0.0938. The van der Waals surface area contributed by atoms with Crippen molar-refractivity contribution in [2.24, 2.45) is 5.92 Å². The van der Waals surface area contributed by atoms with Crippen molar-refractivity contribution in [3.63, 3.8) is 0 Å². The molecule has 0 bridgehead atoms. The summed E-state index contributed by atoms with van der Waals surface area (Å²) in [6, 6.07) is 7.50. The number of thiazole rings is 1. The number of amides is 2. The normalized spacial score (nSPS) is 14.5. The lowest BCUT2D eigenvalue weighted by atomic mass is 10.0. The molecule has 2 N–H and O–H groups in total. The van der Waals surface area contributed by atoms with Crippen LogP contribution in [0.15, 0.2) is 29.6 Å². The van der Waals surface area contributed by atoms with E-state index in [2.05, 4.69) is 15.6 Å². The fourth-order valence-corrected chi connectivity index (χ4v) is 3.77. The zero-order chi connectivity index (χ0) is 16.9. The molecular formula is C18H21N3O2S. The lowest BCUT2D eigenvalue weighted by Crippen LogP contribution is -2.14. The molecule has 1 fully saturated rings. The van der Waals surface area contributed by atoms with Gasteiger partial charge in [0.1, 0.15) is 0 Å². The molecule has 0 aliphatic heterocycles. The molecule has 3 rings (SSSR count). The number of benzene rings is 1. The molecule has 126 valence electrons. The first-order valence-electron chi connectivity index (χ1n) is 8.23. The van der Waals surface area contributed by atoms with E-state index in [0.717, 1.165) is 29.8 Å². The fourth-order valence-electron chi connectivity index (χ4n) is 3.04. The van der Waals surface area contributed by atoms with Gasteiger partial charge in [-0.2, -0.15) is 0 Å². The van der Waals surface area contributed by atoms with Crippen LogP contribution in [0.25, 0.3) is 11.3 Å². The highest BCUT2D eigenvalue weighted by Gasteiger charge is 2.19. The second-order valence-electron chi connectivity index (χ2n) is 6.20. The summed E-state index contributed by atoms with van der Waals surface area (Å²) >= 11 is 1.43. The summed E-state index contributed by atoms with van der Waals surface area (Å²) in [7, 11) is 0. The first-order chi connectivity index (χ1) is 11.6. The first-order valence-corrected chi connectivity index (χ1v) is 9.11. The molecule has 0 unspecified atom stereocenters. The summed E-state index contributed by atoms with van der Waals surface area (Å²) in [5.41, 5.74) is 2.54. The Bertz CT molecular complexity index is 718. The number of nitrogens with one attached hydrogen (secondary N) is 2. The molecule has 2 amide bonds. The van der Waals surface area contributed by atoms with Crippen molar-refractivity contribution in [3.05, 3.63) is 29.6 Å². The van der Waals surface area contributed by atoms with Gasteiger partial charge >= 0.3 is 0 Å². The predicted octanol–water partition coefficient (Wildman–Crippen LogP) is 4.29. The molecule has 1 aromatic carbocycles. The molecule has 1 aliphatic carbocycles. The van der Waals surface area contributed by atoms with Crippen molar-refractivity contribution in [2.45, 2.75) is 39.0 Å². The van der Waals surface area contributed by atoms with Crippen LogP contribution >= 0.6 is 11.3 Å². The molecule has 1 aliphatic rings. The highest BCUT2D eigenvalue weighted by atomic mass is 32.1. The zero-order valence-electron chi connectivity index (χ0n) is 13.7. The number of anilines is 2. The lowest BCUT2D eigenvalue weighted by Gasteiger charge is -2.07. The van der Waals surface area contributed by atoms with Gasteiger partial charge in [0.25, 0.3) is 0 Å². The number of rotatable bonds is 5. The average Bonchev–Trinajstić information content (AvgIpc) is 3.19. The second-order valence-corrected chi connectivity index (χ2v) is 7.06. The van der Waals surface area contributed by atoms with Crippen molar-refractivity contribution in [3.8, 4) is 11.3 Å². The quantitative estimate of drug-likeness (QED) is 0.851. The molecule has 0 spiro atoms. The van der Waals surface area contributed by atoms with Crippen LogP contribution in [0.3, 0.4) is 0 Å². The Hall–Kier alpha value is -2.21. The van der Waals surface area contributed by atoms with E-state index >= 15 is 0 Å². The van der Waals surface area contributed by atoms with Gasteiger partial charge in [-0.25, -0.2) is 4.98 Å². The van der Waals surface area contributed by atoms with Gasteiger partial charge in [0.15, 0.2) is 5.13 Å². The standard InChI is InChI=1S/C18H21N3O2S/c1-12(22)19-15-8-6-14(7-9-15)16-11-24-18(20-16)21-17(23)10-13-4-2-3-5-13/h6-9,11,13H,2-5,10H2,1H3,(H,19,22)(H,20,21,23). The highest BCUT2D eigenvalue weighted by Crippen LogP contribution is 2.29. The van der Waals surface area contributed by atoms with E-state index in [1.165, 1.54) is 31.1 Å². The average molecular weight is 343 g/mol. The van der Waals surface area contributed by atoms with Gasteiger partial charge in [0.2, 0.25) is 11.8 Å². The van der Waals surface area contributed by atoms with Crippen LogP contribution in [-0.2, 0) is 9.59 Å². The number of hydrogen-bond acceptors (Lipinski definition) is 4. The van der Waals surface area contributed by atoms with Crippen molar-refractivity contribution in [2.75, 3.05) is 10.6 Å². The monoisotopic (exact) mass is 343 g/mol. The van der Waals surface area contributed by atoms with Crippen LogP contribution in [-0.4, -0.2) is 16.8 Å². The second kappa shape index (κ2) is 7.57. The van der Waals surface area contributed by atoms with Crippen LogP contribution < -0.4 is 10.6 Å². The van der Waals surface area contributed by atoms with Gasteiger partial charge in [-0.1, -0.05) is 25.0 Å². The van der Waals surface area contributed by atoms with E-state index in [9.17, 15) is 9.59 Å². The molecule has 0 radical (unpaired) electrons. The summed E-state index contributed by atoms with van der Waals surface area (Å²) in [5, 5.41) is 8.21. The third-order valence-electron chi connectivity index (χ3n) is 4.20. The topological polar surface area (TPSA) is 71.1 Å². The number of carbonyl (C=O) groups is 2. The fraction of sp³-hybridized carbons (Fsp3) is 0.389. The van der Waals surface area contributed by atoms with E-state index in [1.54, 1.807) is 0 Å². The third-order valence-corrected chi connectivity index (χ3v) is 4.96. The van der Waals surface area contributed by atoms with Gasteiger partial charge in [0, 0.05) is 30.0 Å². The maximum atomic E-state index is 12.1. The Morgan fingerprint density at radius 2 is 1.88 bits per heavy atom. The Morgan fingerprint density at radius 1 is 1.17 bits per heavy atom. The summed E-state index contributed by atoms with van der Waals surface area (Å²) in [6.45, 7) is 1.48. The number of aromatic nitrogens is 1. The Balaban J connectivity index is 1.60. The van der Waals surface area contributed by atoms with E-state index < -0.39 is 0 Å². The molecule has 24 heavy (non-hydrogen) atoms. The highest BCUT2D eigenvalue weighted by molar-refractivity contribution is 7.14. The molecule has 1 aromatic heterocycles. The summed E-state index contributed by atoms with van der Waals surface area (Å²) < 4.78 is 0. The Morgan fingerprint density at radius 3 is 2.54 bits per heavy atom. The van der Waals surface area contributed by atoms with Crippen molar-refractivity contribution in [1.82, 2.24) is 4.98 Å². The van der Waals surface area contributed by atoms with Crippen LogP contribution in [0.2, 0.25) is 0 Å². The van der Waals surface area contributed by atoms with E-state index in [-0.39, 0.29) is 11.8 Å². The number of hydrogen-bond donors (Lipinski definition) is 2. The maximum absolute atomic E-state index is 12.1. The molecule has 1 saturated carbocycles. The van der Waals surface area contributed by atoms with Crippen molar-refractivity contribution < 1.29 is 9.59 Å². The third kappa shape index (κ3) is 4.41. The van der Waals surface area contributed by atoms with Crippen molar-refractivity contribution in [1.29, 1.82) is 0 Å². The van der Waals surface area contributed by atoms with Crippen LogP contribution in [0.5, 0.6) is 0 Å². The predicted molar refractivity (Wildman–Crippen MR) is 97.1 cm³/mol. The molecule has 0 atom stereocenters. The van der Waals surface area contributed by atoms with Crippen LogP contribution in [0.1, 0.15) is 39.0 Å². The summed E-state index contributed by atoms with van der Waals surface area (Å²) in [5.74, 6) is 0.498. The van der Waals surface area contributed by atoms with E-state index in [4.69, 9.17) is 0 Å². The minimum Gasteiger partial charge on any atom is -0.326 e. The molecule has 1 heterocycles. The van der Waals surface area contributed by atoms with E-state index in [1.807, 2.05) is 29.6 Å². The maximum Gasteiger partial charge on any atom is 0.226 e. The lowest BCUT2D eigenvalue weighted by molar-refractivity contribution is -0.117. The summed E-state index contributed by atoms with van der Waals surface area (Å²) in [6.07, 6.45) is 5.41. The van der Waals surface area contributed by atoms with Gasteiger partial charge < -0.3 is 10.6 Å². The Labute approximate surface area is 145 Å². The van der Waals surface area contributed by atoms with Gasteiger partial charge in [0.05, 0.1) is 5.69 Å². The SMILES string of the molecule is CC(=O)Nc1ccc(-c2csc(NC(=O)CC3CCCC3)n2)cc1. The van der Waals surface area contributed by atoms with Crippen LogP contribution in [0, 0.1) is 5.92 Å². The smallest absolute Gasteiger partial charge is 0.226 e. The molecule has 5 nitrogen and oxygen atoms in total. The summed E-state index contributed by atoms with van der Waals surface area (Å²) in [4.78, 5) is 27.6. The van der Waals surface area contributed by atoms with Crippen molar-refractivity contribution >= 4 is 34.0 Å². The van der Waals surface area contributed by atoms with Gasteiger partial charge in [-0.05, 0) is 30.9 Å². The largest absolute Gasteiger partial charge is 0.326 e. The molecule has 2 aromatic rings. The molecule has 0 saturated heterocycles. The number of nitrogens with zero attached hydrogens (tertiary/aromatic N) is 1. The van der Waals surface area contributed by atoms with Gasteiger partial charge in [-0.15, -0.1) is 11.3 Å².